The van der Waals surface area contributed by atoms with Gasteiger partial charge in [-0.3, -0.25) is 0 Å². The molecule has 0 atom stereocenters. The summed E-state index contributed by atoms with van der Waals surface area (Å²) in [5.74, 6) is 0.200. The van der Waals surface area contributed by atoms with E-state index < -0.39 is 0 Å². The molecule has 0 N–H and O–H groups in total. The topological polar surface area (TPSA) is 0 Å². The van der Waals surface area contributed by atoms with Crippen LogP contribution in [0.5, 0.6) is 0 Å². The highest BCUT2D eigenvalue weighted by Crippen LogP contribution is 2.50. The van der Waals surface area contributed by atoms with Gasteiger partial charge in [0.1, 0.15) is 0 Å². The van der Waals surface area contributed by atoms with Crippen molar-refractivity contribution >= 4 is 10.8 Å². The summed E-state index contributed by atoms with van der Waals surface area (Å²) in [6.45, 7) is 0. The van der Waals surface area contributed by atoms with Gasteiger partial charge in [0.25, 0.3) is 0 Å². The fourth-order valence-electron chi connectivity index (χ4n) is 7.77. The molecule has 0 unspecified atom stereocenters. The van der Waals surface area contributed by atoms with Crippen molar-refractivity contribution in [2.24, 2.45) is 0 Å². The predicted molar refractivity (Wildman–Crippen MR) is 180 cm³/mol. The first-order valence-corrected chi connectivity index (χ1v) is 15.3. The van der Waals surface area contributed by atoms with E-state index in [0.29, 0.717) is 0 Å². The lowest BCUT2D eigenvalue weighted by Gasteiger charge is -2.20. The van der Waals surface area contributed by atoms with E-state index in [4.69, 9.17) is 0 Å². The van der Waals surface area contributed by atoms with E-state index in [9.17, 15) is 0 Å². The molecule has 0 spiro atoms. The second-order valence-electron chi connectivity index (χ2n) is 12.0. The van der Waals surface area contributed by atoms with Gasteiger partial charge in [0.15, 0.2) is 0 Å². The summed E-state index contributed by atoms with van der Waals surface area (Å²) in [4.78, 5) is 0. The first-order chi connectivity index (χ1) is 21.3. The molecule has 0 fully saturated rings. The second-order valence-corrected chi connectivity index (χ2v) is 12.0. The van der Waals surface area contributed by atoms with Crippen molar-refractivity contribution in [3.8, 4) is 33.4 Å². The Labute approximate surface area is 252 Å². The van der Waals surface area contributed by atoms with Gasteiger partial charge >= 0.3 is 0 Å². The molecule has 0 nitrogen and oxygen atoms in total. The Morgan fingerprint density at radius 1 is 0.372 bits per heavy atom. The highest BCUT2D eigenvalue weighted by atomic mass is 14.3. The van der Waals surface area contributed by atoms with Gasteiger partial charge < -0.3 is 0 Å². The third-order valence-corrected chi connectivity index (χ3v) is 9.66. The Morgan fingerprint density at radius 2 is 1.00 bits per heavy atom. The number of fused-ring (bicyclic) bond motifs is 7. The molecule has 0 aliphatic heterocycles. The van der Waals surface area contributed by atoms with Crippen molar-refractivity contribution in [3.05, 3.63) is 191 Å². The van der Waals surface area contributed by atoms with Crippen molar-refractivity contribution in [1.29, 1.82) is 0 Å². The molecular formula is C43H30. The molecule has 0 saturated carbocycles. The lowest BCUT2D eigenvalue weighted by Crippen LogP contribution is -2.03. The molecule has 2 aliphatic carbocycles. The van der Waals surface area contributed by atoms with Crippen molar-refractivity contribution in [3.63, 3.8) is 0 Å². The highest BCUT2D eigenvalue weighted by molar-refractivity contribution is 6.06. The fourth-order valence-corrected chi connectivity index (χ4v) is 7.77. The van der Waals surface area contributed by atoms with Gasteiger partial charge in [-0.15, -0.1) is 0 Å². The SMILES string of the molecule is c1ccc(C(c2ccccc2)c2ccc3c(c2)Cc2c-3cc3ccccc3c2-c2cccc3c2Cc2ccccc2-3)cc1. The van der Waals surface area contributed by atoms with Crippen LogP contribution in [-0.2, 0) is 12.8 Å². The van der Waals surface area contributed by atoms with E-state index in [0.717, 1.165) is 12.8 Å². The van der Waals surface area contributed by atoms with E-state index in [2.05, 4.69) is 152 Å². The van der Waals surface area contributed by atoms with Crippen molar-refractivity contribution in [2.45, 2.75) is 18.8 Å². The summed E-state index contributed by atoms with van der Waals surface area (Å²) >= 11 is 0. The predicted octanol–water partition coefficient (Wildman–Crippen LogP) is 10.8. The summed E-state index contributed by atoms with van der Waals surface area (Å²) in [7, 11) is 0. The van der Waals surface area contributed by atoms with Gasteiger partial charge in [-0.25, -0.2) is 0 Å². The fraction of sp³-hybridized carbons (Fsp3) is 0.0698. The van der Waals surface area contributed by atoms with Crippen molar-refractivity contribution in [1.82, 2.24) is 0 Å². The number of rotatable bonds is 4. The minimum atomic E-state index is 0.200. The Hall–Kier alpha value is -5.20. The Balaban J connectivity index is 1.23. The van der Waals surface area contributed by atoms with Gasteiger partial charge in [-0.05, 0) is 102 Å². The van der Waals surface area contributed by atoms with Crippen LogP contribution in [0.2, 0.25) is 0 Å². The van der Waals surface area contributed by atoms with Crippen LogP contribution in [0.25, 0.3) is 44.2 Å². The van der Waals surface area contributed by atoms with E-state index >= 15 is 0 Å². The van der Waals surface area contributed by atoms with Crippen LogP contribution in [0.1, 0.15) is 44.9 Å². The van der Waals surface area contributed by atoms with Gasteiger partial charge in [0.05, 0.1) is 0 Å². The average Bonchev–Trinajstić information content (AvgIpc) is 3.63. The molecule has 7 aromatic rings. The molecule has 0 heterocycles. The Kier molecular flexibility index (Phi) is 5.49. The molecule has 7 aromatic carbocycles. The minimum Gasteiger partial charge on any atom is -0.0622 e. The standard InChI is InChI=1S/C43H30/c1-3-12-28(13-4-1)42(29-14-5-2-6-15-29)32-22-23-35-33(24-32)27-41-39(35)26-31-17-8-10-19-36(31)43(41)38-21-11-20-37-34-18-9-7-16-30(34)25-40(37)38/h1-24,26,42H,25,27H2. The van der Waals surface area contributed by atoms with Gasteiger partial charge in [0.2, 0.25) is 0 Å². The van der Waals surface area contributed by atoms with E-state index in [1.54, 1.807) is 0 Å². The molecular weight excluding hydrogens is 516 g/mol. The number of hydrogen-bond donors (Lipinski definition) is 0. The summed E-state index contributed by atoms with van der Waals surface area (Å²) in [6, 6.07) is 56.4. The quantitative estimate of drug-likeness (QED) is 0.193. The molecule has 0 amide bonds. The third kappa shape index (κ3) is 3.84. The summed E-state index contributed by atoms with van der Waals surface area (Å²) in [6.07, 6.45) is 1.94. The maximum atomic E-state index is 2.49. The maximum Gasteiger partial charge on any atom is 0.0340 e. The lowest BCUT2D eigenvalue weighted by atomic mass is 9.84. The second kappa shape index (κ2) is 9.68. The highest BCUT2D eigenvalue weighted by Gasteiger charge is 2.29. The lowest BCUT2D eigenvalue weighted by molar-refractivity contribution is 0.973. The normalized spacial score (nSPS) is 12.7. The molecule has 0 heteroatoms. The van der Waals surface area contributed by atoms with Crippen LogP contribution in [0.4, 0.5) is 0 Å². The van der Waals surface area contributed by atoms with Gasteiger partial charge in [-0.1, -0.05) is 146 Å². The summed E-state index contributed by atoms with van der Waals surface area (Å²) in [5.41, 5.74) is 18.1. The summed E-state index contributed by atoms with van der Waals surface area (Å²) in [5, 5.41) is 2.66. The van der Waals surface area contributed by atoms with E-state index in [-0.39, 0.29) is 5.92 Å². The zero-order valence-electron chi connectivity index (χ0n) is 23.9. The minimum absolute atomic E-state index is 0.200. The van der Waals surface area contributed by atoms with Crippen LogP contribution in [-0.4, -0.2) is 0 Å². The molecule has 0 bridgehead atoms. The zero-order valence-corrected chi connectivity index (χ0v) is 23.9. The maximum absolute atomic E-state index is 2.49. The average molecular weight is 547 g/mol. The first kappa shape index (κ1) is 24.4. The van der Waals surface area contributed by atoms with Crippen LogP contribution < -0.4 is 0 Å². The zero-order chi connectivity index (χ0) is 28.3. The largest absolute Gasteiger partial charge is 0.0622 e. The molecule has 43 heavy (non-hydrogen) atoms. The molecule has 0 radical (unpaired) electrons. The molecule has 0 aromatic heterocycles. The van der Waals surface area contributed by atoms with Gasteiger partial charge in [-0.2, -0.15) is 0 Å². The third-order valence-electron chi connectivity index (χ3n) is 9.66. The Bertz CT molecular complexity index is 2130. The number of benzene rings is 7. The van der Waals surface area contributed by atoms with Crippen molar-refractivity contribution in [2.75, 3.05) is 0 Å². The molecule has 9 rings (SSSR count). The summed E-state index contributed by atoms with van der Waals surface area (Å²) < 4.78 is 0. The van der Waals surface area contributed by atoms with Crippen LogP contribution in [0.3, 0.4) is 0 Å². The van der Waals surface area contributed by atoms with Gasteiger partial charge in [0, 0.05) is 5.92 Å². The van der Waals surface area contributed by atoms with Crippen LogP contribution >= 0.6 is 0 Å². The van der Waals surface area contributed by atoms with Crippen molar-refractivity contribution < 1.29 is 0 Å². The number of hydrogen-bond acceptors (Lipinski definition) is 0. The molecule has 202 valence electrons. The Morgan fingerprint density at radius 3 is 1.81 bits per heavy atom. The van der Waals surface area contributed by atoms with Crippen LogP contribution in [0, 0.1) is 0 Å². The molecule has 2 aliphatic rings. The smallest absolute Gasteiger partial charge is 0.0340 e. The van der Waals surface area contributed by atoms with Crippen LogP contribution in [0.15, 0.2) is 152 Å². The van der Waals surface area contributed by atoms with E-state index in [1.807, 2.05) is 0 Å². The first-order valence-electron chi connectivity index (χ1n) is 15.3. The molecule has 0 saturated heterocycles. The monoisotopic (exact) mass is 546 g/mol. The van der Waals surface area contributed by atoms with E-state index in [1.165, 1.54) is 83.1 Å².